The van der Waals surface area contributed by atoms with E-state index in [2.05, 4.69) is 137 Å². The Morgan fingerprint density at radius 1 is 0.289 bits per heavy atom. The van der Waals surface area contributed by atoms with Crippen molar-refractivity contribution in [3.8, 4) is 34.5 Å². The molecule has 83 heavy (non-hydrogen) atoms. The highest BCUT2D eigenvalue weighted by Crippen LogP contribution is 2.46. The second-order valence-electron chi connectivity index (χ2n) is 29.9. The Hall–Kier alpha value is -6.87. The molecule has 0 aromatic heterocycles. The van der Waals surface area contributed by atoms with Gasteiger partial charge in [0.15, 0.2) is 0 Å². The van der Waals surface area contributed by atoms with Crippen LogP contribution in [0.3, 0.4) is 0 Å². The molecule has 0 amide bonds. The van der Waals surface area contributed by atoms with Gasteiger partial charge in [-0.05, 0) is 150 Å². The average Bonchev–Trinajstić information content (AvgIpc) is 3.52. The molecule has 9 heteroatoms. The lowest BCUT2D eigenvalue weighted by atomic mass is 9.79. The molecular formula is C74H89F3O6. The van der Waals surface area contributed by atoms with Crippen LogP contribution in [0, 0.1) is 0 Å². The maximum absolute atomic E-state index is 13.8. The first-order valence-corrected chi connectivity index (χ1v) is 29.3. The van der Waals surface area contributed by atoms with Crippen LogP contribution in [0.15, 0.2) is 97.1 Å². The van der Waals surface area contributed by atoms with E-state index >= 15 is 0 Å². The number of alkyl halides is 3. The first-order chi connectivity index (χ1) is 38.1. The fourth-order valence-electron chi connectivity index (χ4n) is 11.1. The van der Waals surface area contributed by atoms with Crippen molar-refractivity contribution in [2.75, 3.05) is 0 Å². The Kier molecular flexibility index (Phi) is 16.4. The van der Waals surface area contributed by atoms with E-state index in [-0.39, 0.29) is 101 Å². The third-order valence-corrected chi connectivity index (χ3v) is 16.7. The van der Waals surface area contributed by atoms with E-state index in [0.717, 1.165) is 56.6 Å². The van der Waals surface area contributed by atoms with Gasteiger partial charge in [-0.25, -0.2) is 0 Å². The van der Waals surface area contributed by atoms with E-state index in [9.17, 15) is 38.7 Å². The number of rotatable bonds is 3. The Morgan fingerprint density at radius 3 is 0.651 bits per heavy atom. The maximum Gasteiger partial charge on any atom is 0.416 e. The van der Waals surface area contributed by atoms with Gasteiger partial charge in [0.25, 0.3) is 0 Å². The van der Waals surface area contributed by atoms with Gasteiger partial charge < -0.3 is 30.3 Å². The van der Waals surface area contributed by atoms with E-state index in [1.807, 2.05) is 60.7 Å². The minimum Gasteiger partial charge on any atom is -0.507 e. The first-order valence-electron chi connectivity index (χ1n) is 29.3. The van der Waals surface area contributed by atoms with Gasteiger partial charge in [-0.2, -0.15) is 13.2 Å². The van der Waals surface area contributed by atoms with Crippen LogP contribution in [-0.2, 0) is 83.8 Å². The minimum absolute atomic E-state index is 0.0624. The van der Waals surface area contributed by atoms with Gasteiger partial charge in [-0.1, -0.05) is 210 Å². The van der Waals surface area contributed by atoms with Crippen molar-refractivity contribution in [3.05, 3.63) is 208 Å². The number of phenols is 5. The van der Waals surface area contributed by atoms with Crippen LogP contribution < -0.4 is 4.74 Å². The predicted octanol–water partition coefficient (Wildman–Crippen LogP) is 18.5. The molecular weight excluding hydrogens is 1040 g/mol. The van der Waals surface area contributed by atoms with Crippen molar-refractivity contribution in [2.45, 2.75) is 208 Å². The number of hydrogen-bond acceptors (Lipinski definition) is 6. The molecule has 442 valence electrons. The third kappa shape index (κ3) is 13.9. The molecule has 0 saturated carbocycles. The van der Waals surface area contributed by atoms with Crippen molar-refractivity contribution < 1.29 is 43.4 Å². The van der Waals surface area contributed by atoms with E-state index < -0.39 is 17.2 Å². The van der Waals surface area contributed by atoms with E-state index in [1.54, 1.807) is 0 Å². The number of ether oxygens (including phenoxy) is 1. The summed E-state index contributed by atoms with van der Waals surface area (Å²) in [7, 11) is 0. The molecule has 7 aromatic rings. The van der Waals surface area contributed by atoms with Crippen molar-refractivity contribution in [2.24, 2.45) is 0 Å². The molecule has 1 aliphatic rings. The lowest BCUT2D eigenvalue weighted by molar-refractivity contribution is -0.137. The Bertz CT molecular complexity index is 3410. The van der Waals surface area contributed by atoms with Crippen molar-refractivity contribution in [1.82, 2.24) is 0 Å². The van der Waals surface area contributed by atoms with Crippen molar-refractivity contribution in [3.63, 3.8) is 0 Å². The number of benzene rings is 7. The zero-order valence-electron chi connectivity index (χ0n) is 52.5. The van der Waals surface area contributed by atoms with Gasteiger partial charge in [0, 0.05) is 38.5 Å². The number of hydrogen-bond donors (Lipinski definition) is 5. The molecule has 0 radical (unpaired) electrons. The molecule has 12 bridgehead atoms. The van der Waals surface area contributed by atoms with Crippen LogP contribution in [-0.4, -0.2) is 25.5 Å². The van der Waals surface area contributed by atoms with Gasteiger partial charge in [-0.15, -0.1) is 0 Å². The molecule has 8 rings (SSSR count). The molecule has 0 spiro atoms. The fraction of sp³-hybridized carbons (Fsp3) is 0.432. The highest BCUT2D eigenvalue weighted by atomic mass is 19.4. The number of phenolic OH excluding ortho intramolecular Hbond substituents is 5. The second kappa shape index (κ2) is 22.0. The monoisotopic (exact) mass is 1130 g/mol. The summed E-state index contributed by atoms with van der Waals surface area (Å²) < 4.78 is 48.4. The van der Waals surface area contributed by atoms with Gasteiger partial charge in [0.05, 0.1) is 5.56 Å². The average molecular weight is 1130 g/mol. The van der Waals surface area contributed by atoms with Gasteiger partial charge in [0.1, 0.15) is 41.1 Å². The predicted molar refractivity (Wildman–Crippen MR) is 332 cm³/mol. The van der Waals surface area contributed by atoms with E-state index in [0.29, 0.717) is 66.9 Å². The quantitative estimate of drug-likeness (QED) is 0.121. The molecule has 0 heterocycles. The van der Waals surface area contributed by atoms with Gasteiger partial charge in [0.2, 0.25) is 0 Å². The zero-order chi connectivity index (χ0) is 61.5. The summed E-state index contributed by atoms with van der Waals surface area (Å²) in [5.41, 5.74) is 11.1. The Labute approximate surface area is 492 Å². The van der Waals surface area contributed by atoms with Crippen LogP contribution >= 0.6 is 0 Å². The van der Waals surface area contributed by atoms with Crippen molar-refractivity contribution >= 4 is 0 Å². The summed E-state index contributed by atoms with van der Waals surface area (Å²) in [5, 5.41) is 63.5. The largest absolute Gasteiger partial charge is 0.507 e. The SMILES string of the molecule is CC(C)(C)c1cc2c(O)c(c1)Cc1cc(C(C)(C)C)cc(c1O)Cc1cc(C(C)(C)C)cc(c1O)Cc1cc(C(C)(C)C)cc(c1OCc1ccc(C(F)(F)F)cc1)Cc1cc(C(C)(C)C)cc(c1O)Cc1cc(C(C)(C)C)cc(c1O)C2. The smallest absolute Gasteiger partial charge is 0.416 e. The van der Waals surface area contributed by atoms with Crippen LogP contribution in [0.4, 0.5) is 13.2 Å². The molecule has 1 aliphatic carbocycles. The van der Waals surface area contributed by atoms with E-state index in [1.165, 1.54) is 12.1 Å². The summed E-state index contributed by atoms with van der Waals surface area (Å²) in [5.74, 6) is 0.828. The van der Waals surface area contributed by atoms with Crippen LogP contribution in [0.25, 0.3) is 0 Å². The summed E-state index contributed by atoms with van der Waals surface area (Å²) in [6, 6.07) is 29.4. The summed E-state index contributed by atoms with van der Waals surface area (Å²) in [4.78, 5) is 0. The fourth-order valence-corrected chi connectivity index (χ4v) is 11.1. The summed E-state index contributed by atoms with van der Waals surface area (Å²) >= 11 is 0. The molecule has 7 aromatic carbocycles. The zero-order valence-corrected chi connectivity index (χ0v) is 52.5. The number of halogens is 3. The van der Waals surface area contributed by atoms with Gasteiger partial charge >= 0.3 is 6.18 Å². The molecule has 0 fully saturated rings. The molecule has 5 N–H and O–H groups in total. The first kappa shape index (κ1) is 62.2. The second-order valence-corrected chi connectivity index (χ2v) is 29.9. The normalized spacial score (nSPS) is 14.1. The molecule has 0 saturated heterocycles. The summed E-state index contributed by atoms with van der Waals surface area (Å²) in [6.07, 6.45) is -3.40. The van der Waals surface area contributed by atoms with Crippen LogP contribution in [0.5, 0.6) is 34.5 Å². The molecule has 0 aliphatic heterocycles. The highest BCUT2D eigenvalue weighted by molar-refractivity contribution is 5.61. The lowest BCUT2D eigenvalue weighted by Gasteiger charge is -2.27. The number of aromatic hydroxyl groups is 5. The Morgan fingerprint density at radius 2 is 0.470 bits per heavy atom. The minimum atomic E-state index is -4.51. The van der Waals surface area contributed by atoms with Gasteiger partial charge in [-0.3, -0.25) is 0 Å². The standard InChI is InChI=1S/C74H89F3O6/c1-68(2,3)56-29-43-23-45-31-57(69(4,5)6)33-47(63(45)79)25-49-35-59(71(10,11)12)37-51(65(49)81)27-53-39-61(73(16,17)18)40-54(67(53)83-41-42-19-21-55(22-20-42)74(75,76)77)28-52-38-60(72(13,14)15)36-50(66(52)82)26-48-34-58(70(7,8)9)32-46(64(48)80)24-44(30-56)62(43)78/h19-22,29-40,78-82H,23-28,41H2,1-18H3. The van der Waals surface area contributed by atoms with Crippen LogP contribution in [0.2, 0.25) is 0 Å². The topological polar surface area (TPSA) is 110 Å². The molecule has 6 nitrogen and oxygen atoms in total. The van der Waals surface area contributed by atoms with E-state index in [4.69, 9.17) is 4.74 Å². The molecule has 0 unspecified atom stereocenters. The Balaban J connectivity index is 1.47. The number of fused-ring (bicyclic) bond motifs is 12. The lowest BCUT2D eigenvalue weighted by Crippen LogP contribution is -2.16. The maximum atomic E-state index is 13.8. The van der Waals surface area contributed by atoms with Crippen LogP contribution in [0.1, 0.15) is 236 Å². The summed E-state index contributed by atoms with van der Waals surface area (Å²) in [6.45, 7) is 38.2. The third-order valence-electron chi connectivity index (χ3n) is 16.7. The highest BCUT2D eigenvalue weighted by Gasteiger charge is 2.32. The molecule has 0 atom stereocenters. The van der Waals surface area contributed by atoms with Crippen molar-refractivity contribution in [1.29, 1.82) is 0 Å².